The lowest BCUT2D eigenvalue weighted by molar-refractivity contribution is -0.118. The number of anilines is 1. The first kappa shape index (κ1) is 23.3. The van der Waals surface area contributed by atoms with Crippen LogP contribution in [0.2, 0.25) is 0 Å². The molecule has 164 valence electrons. The van der Waals surface area contributed by atoms with Crippen LogP contribution in [0.4, 0.5) is 5.13 Å². The molecule has 0 spiro atoms. The maximum absolute atomic E-state index is 12.5. The lowest BCUT2D eigenvalue weighted by atomic mass is 10.0. The molecule has 3 aromatic rings. The largest absolute Gasteiger partial charge is 0.494 e. The molecule has 2 aromatic carbocycles. The molecule has 0 fully saturated rings. The van der Waals surface area contributed by atoms with E-state index in [9.17, 15) is 4.79 Å². The number of nitrogens with zero attached hydrogens (tertiary/aromatic N) is 1. The molecule has 0 radical (unpaired) electrons. The number of benzene rings is 2. The molecule has 0 bridgehead atoms. The van der Waals surface area contributed by atoms with Crippen molar-refractivity contribution in [2.24, 2.45) is 0 Å². The number of carbonyl (C=O) groups is 1. The number of hydrogen-bond donors (Lipinski definition) is 1. The lowest BCUT2D eigenvalue weighted by Gasteiger charge is -2.15. The topological polar surface area (TPSA) is 60.5 Å². The highest BCUT2D eigenvalue weighted by Crippen LogP contribution is 2.33. The van der Waals surface area contributed by atoms with E-state index in [1.54, 1.807) is 0 Å². The van der Waals surface area contributed by atoms with Gasteiger partial charge in [0.2, 0.25) is 0 Å². The molecule has 0 saturated carbocycles. The first-order valence-electron chi connectivity index (χ1n) is 10.2. The van der Waals surface area contributed by atoms with Gasteiger partial charge in [0.15, 0.2) is 11.7 Å². The molecule has 0 aliphatic carbocycles. The van der Waals surface area contributed by atoms with Crippen molar-refractivity contribution in [3.63, 3.8) is 0 Å². The Kier molecular flexibility index (Phi) is 7.73. The molecule has 5 nitrogen and oxygen atoms in total. The second-order valence-corrected chi connectivity index (χ2v) is 9.57. The Balaban J connectivity index is 1.67. The number of ether oxygens (including phenoxy) is 2. The van der Waals surface area contributed by atoms with Crippen LogP contribution in [0, 0.1) is 13.8 Å². The first-order valence-corrected chi connectivity index (χ1v) is 11.8. The Labute approximate surface area is 195 Å². The lowest BCUT2D eigenvalue weighted by Crippen LogP contribution is -2.20. The van der Waals surface area contributed by atoms with Gasteiger partial charge in [-0.25, -0.2) is 4.98 Å². The number of amides is 1. The van der Waals surface area contributed by atoms with E-state index in [1.165, 1.54) is 11.3 Å². The van der Waals surface area contributed by atoms with E-state index in [4.69, 9.17) is 9.47 Å². The minimum Gasteiger partial charge on any atom is -0.494 e. The minimum absolute atomic E-state index is 0.0716. The van der Waals surface area contributed by atoms with Gasteiger partial charge in [0, 0.05) is 14.9 Å². The zero-order valence-corrected chi connectivity index (χ0v) is 20.8. The predicted octanol–water partition coefficient (Wildman–Crippen LogP) is 6.73. The standard InChI is InChI=1S/C24H27BrN2O3S/c1-6-29-18-9-7-17(8-10-18)23-16(5)31-24(27-23)26-22(28)13-30-21-11-15(4)20(25)12-19(21)14(2)3/h7-12,14H,6,13H2,1-5H3,(H,26,27,28). The van der Waals surface area contributed by atoms with Crippen LogP contribution in [-0.2, 0) is 4.79 Å². The zero-order valence-electron chi connectivity index (χ0n) is 18.4. The van der Waals surface area contributed by atoms with Crippen molar-refractivity contribution in [1.29, 1.82) is 0 Å². The van der Waals surface area contributed by atoms with E-state index >= 15 is 0 Å². The Morgan fingerprint density at radius 3 is 2.52 bits per heavy atom. The average molecular weight is 503 g/mol. The van der Waals surface area contributed by atoms with Gasteiger partial charge in [-0.3, -0.25) is 10.1 Å². The Hall–Kier alpha value is -2.38. The van der Waals surface area contributed by atoms with Crippen molar-refractivity contribution in [3.05, 3.63) is 56.9 Å². The maximum Gasteiger partial charge on any atom is 0.264 e. The third-order valence-corrected chi connectivity index (χ3v) is 6.49. The number of thiazole rings is 1. The third kappa shape index (κ3) is 5.86. The van der Waals surface area contributed by atoms with Crippen molar-refractivity contribution in [1.82, 2.24) is 4.98 Å². The highest BCUT2D eigenvalue weighted by atomic mass is 79.9. The molecular weight excluding hydrogens is 476 g/mol. The molecule has 1 aromatic heterocycles. The van der Waals surface area contributed by atoms with Gasteiger partial charge in [-0.15, -0.1) is 11.3 Å². The monoisotopic (exact) mass is 502 g/mol. The van der Waals surface area contributed by atoms with Crippen LogP contribution in [0.5, 0.6) is 11.5 Å². The number of nitrogens with one attached hydrogen (secondary N) is 1. The number of rotatable bonds is 8. The minimum atomic E-state index is -0.234. The van der Waals surface area contributed by atoms with Crippen LogP contribution < -0.4 is 14.8 Å². The average Bonchev–Trinajstić information content (AvgIpc) is 3.09. The number of hydrogen-bond acceptors (Lipinski definition) is 5. The highest BCUT2D eigenvalue weighted by molar-refractivity contribution is 9.10. The molecular formula is C24H27BrN2O3S. The number of halogens is 1. The summed E-state index contributed by atoms with van der Waals surface area (Å²) in [6.45, 7) is 10.7. The predicted molar refractivity (Wildman–Crippen MR) is 131 cm³/mol. The molecule has 1 N–H and O–H groups in total. The summed E-state index contributed by atoms with van der Waals surface area (Å²) in [7, 11) is 0. The summed E-state index contributed by atoms with van der Waals surface area (Å²) in [4.78, 5) is 18.1. The molecule has 0 aliphatic rings. The molecule has 1 amide bonds. The smallest absolute Gasteiger partial charge is 0.264 e. The van der Waals surface area contributed by atoms with Crippen LogP contribution in [0.1, 0.15) is 42.7 Å². The van der Waals surface area contributed by atoms with E-state index in [0.717, 1.165) is 43.2 Å². The molecule has 1 heterocycles. The van der Waals surface area contributed by atoms with Crippen molar-refractivity contribution >= 4 is 38.3 Å². The molecule has 0 aliphatic heterocycles. The van der Waals surface area contributed by atoms with Gasteiger partial charge in [0.25, 0.3) is 5.91 Å². The Morgan fingerprint density at radius 2 is 1.87 bits per heavy atom. The van der Waals surface area contributed by atoms with Crippen molar-refractivity contribution < 1.29 is 14.3 Å². The Morgan fingerprint density at radius 1 is 1.16 bits per heavy atom. The van der Waals surface area contributed by atoms with Crippen LogP contribution in [-0.4, -0.2) is 24.1 Å². The maximum atomic E-state index is 12.5. The van der Waals surface area contributed by atoms with Crippen molar-refractivity contribution in [2.45, 2.75) is 40.5 Å². The zero-order chi connectivity index (χ0) is 22.5. The summed E-state index contributed by atoms with van der Waals surface area (Å²) < 4.78 is 12.4. The number of aromatic nitrogens is 1. The summed E-state index contributed by atoms with van der Waals surface area (Å²) in [6, 6.07) is 11.8. The molecule has 31 heavy (non-hydrogen) atoms. The number of carbonyl (C=O) groups excluding carboxylic acids is 1. The van der Waals surface area contributed by atoms with Crippen molar-refractivity contribution in [3.8, 4) is 22.8 Å². The van der Waals surface area contributed by atoms with E-state index in [2.05, 4.69) is 46.1 Å². The SMILES string of the molecule is CCOc1ccc(-c2nc(NC(=O)COc3cc(C)c(Br)cc3C(C)C)sc2C)cc1. The van der Waals surface area contributed by atoms with Gasteiger partial charge >= 0.3 is 0 Å². The fraction of sp³-hybridized carbons (Fsp3) is 0.333. The van der Waals surface area contributed by atoms with Gasteiger partial charge in [-0.1, -0.05) is 29.8 Å². The van der Waals surface area contributed by atoms with Gasteiger partial charge in [0.05, 0.1) is 12.3 Å². The van der Waals surface area contributed by atoms with Crippen LogP contribution in [0.25, 0.3) is 11.3 Å². The van der Waals surface area contributed by atoms with Crippen LogP contribution in [0.3, 0.4) is 0 Å². The summed E-state index contributed by atoms with van der Waals surface area (Å²) >= 11 is 5.01. The van der Waals surface area contributed by atoms with E-state index in [-0.39, 0.29) is 18.4 Å². The summed E-state index contributed by atoms with van der Waals surface area (Å²) in [5, 5.41) is 3.42. The molecule has 0 saturated heterocycles. The molecule has 0 unspecified atom stereocenters. The van der Waals surface area contributed by atoms with Gasteiger partial charge in [-0.2, -0.15) is 0 Å². The highest BCUT2D eigenvalue weighted by Gasteiger charge is 2.15. The number of aryl methyl sites for hydroxylation is 2. The van der Waals surface area contributed by atoms with Gasteiger partial charge in [0.1, 0.15) is 11.5 Å². The van der Waals surface area contributed by atoms with E-state index < -0.39 is 0 Å². The van der Waals surface area contributed by atoms with Crippen LogP contribution >= 0.6 is 27.3 Å². The normalized spacial score (nSPS) is 10.9. The summed E-state index contributed by atoms with van der Waals surface area (Å²) in [5.74, 6) is 1.61. The second kappa shape index (κ2) is 10.3. The Bertz CT molecular complexity index is 1060. The van der Waals surface area contributed by atoms with Crippen molar-refractivity contribution in [2.75, 3.05) is 18.5 Å². The molecule has 7 heteroatoms. The fourth-order valence-electron chi connectivity index (χ4n) is 3.14. The quantitative estimate of drug-likeness (QED) is 0.370. The summed E-state index contributed by atoms with van der Waals surface area (Å²) in [5.41, 5.74) is 3.97. The second-order valence-electron chi connectivity index (χ2n) is 7.51. The third-order valence-electron chi connectivity index (χ3n) is 4.75. The van der Waals surface area contributed by atoms with Gasteiger partial charge in [-0.05, 0) is 74.2 Å². The molecule has 0 atom stereocenters. The van der Waals surface area contributed by atoms with E-state index in [1.807, 2.05) is 51.1 Å². The first-order chi connectivity index (χ1) is 14.8. The molecule has 3 rings (SSSR count). The summed E-state index contributed by atoms with van der Waals surface area (Å²) in [6.07, 6.45) is 0. The fourth-order valence-corrected chi connectivity index (χ4v) is 4.35. The van der Waals surface area contributed by atoms with Gasteiger partial charge < -0.3 is 9.47 Å². The van der Waals surface area contributed by atoms with Crippen LogP contribution in [0.15, 0.2) is 40.9 Å². The van der Waals surface area contributed by atoms with E-state index in [0.29, 0.717) is 11.7 Å².